The van der Waals surface area contributed by atoms with E-state index < -0.39 is 5.54 Å². The summed E-state index contributed by atoms with van der Waals surface area (Å²) < 4.78 is 5.55. The average Bonchev–Trinajstić information content (AvgIpc) is 3.10. The van der Waals surface area contributed by atoms with Gasteiger partial charge in [-0.15, -0.1) is 0 Å². The molecule has 3 N–H and O–H groups in total. The largest absolute Gasteiger partial charge is 0.492 e. The Kier molecular flexibility index (Phi) is 2.72. The Morgan fingerprint density at radius 3 is 3.00 bits per heavy atom. The third-order valence-corrected chi connectivity index (χ3v) is 3.87. The number of hydrogen-bond acceptors (Lipinski definition) is 3. The lowest BCUT2D eigenvalue weighted by Crippen LogP contribution is -2.45. The quantitative estimate of drug-likeness (QED) is 0.858. The van der Waals surface area contributed by atoms with Gasteiger partial charge in [0.2, 0.25) is 5.91 Å². The first-order valence-corrected chi connectivity index (χ1v) is 6.49. The van der Waals surface area contributed by atoms with Gasteiger partial charge in [0, 0.05) is 12.0 Å². The second-order valence-corrected chi connectivity index (χ2v) is 5.38. The van der Waals surface area contributed by atoms with E-state index in [1.165, 1.54) is 0 Å². The standard InChI is InChI=1S/C13H15ClN2O2/c14-9-3-1-2-8-10(4-7-18-11(8)9)16-12(17)13(15)5-6-13/h1-3,10H,4-7,15H2,(H,16,17). The SMILES string of the molecule is NC1(C(=O)NC2CCOc3c(Cl)cccc32)CC1. The van der Waals surface area contributed by atoms with Crippen molar-refractivity contribution in [3.05, 3.63) is 28.8 Å². The number of hydrogen-bond donors (Lipinski definition) is 2. The van der Waals surface area contributed by atoms with Gasteiger partial charge in [0.05, 0.1) is 23.2 Å². The molecule has 1 amide bonds. The molecule has 18 heavy (non-hydrogen) atoms. The maximum Gasteiger partial charge on any atom is 0.240 e. The lowest BCUT2D eigenvalue weighted by molar-refractivity contribution is -0.124. The summed E-state index contributed by atoms with van der Waals surface area (Å²) in [5.74, 6) is 0.609. The fraction of sp³-hybridized carbons (Fsp3) is 0.462. The Bertz CT molecular complexity index is 500. The van der Waals surface area contributed by atoms with E-state index in [0.717, 1.165) is 24.8 Å². The molecule has 1 aliphatic heterocycles. The van der Waals surface area contributed by atoms with E-state index in [-0.39, 0.29) is 11.9 Å². The van der Waals surface area contributed by atoms with Crippen LogP contribution in [0.5, 0.6) is 5.75 Å². The number of nitrogens with two attached hydrogens (primary N) is 1. The fourth-order valence-electron chi connectivity index (χ4n) is 2.20. The zero-order chi connectivity index (χ0) is 12.8. The second kappa shape index (κ2) is 4.14. The molecule has 1 fully saturated rings. The van der Waals surface area contributed by atoms with Crippen LogP contribution >= 0.6 is 11.6 Å². The van der Waals surface area contributed by atoms with Crippen molar-refractivity contribution in [3.8, 4) is 5.75 Å². The summed E-state index contributed by atoms with van der Waals surface area (Å²) in [5.41, 5.74) is 6.18. The zero-order valence-electron chi connectivity index (χ0n) is 9.91. The van der Waals surface area contributed by atoms with Gasteiger partial charge < -0.3 is 15.8 Å². The molecule has 1 aliphatic carbocycles. The van der Waals surface area contributed by atoms with Crippen LogP contribution in [0.15, 0.2) is 18.2 Å². The van der Waals surface area contributed by atoms with Gasteiger partial charge in [-0.2, -0.15) is 0 Å². The number of carbonyl (C=O) groups excluding carboxylic acids is 1. The molecule has 4 nitrogen and oxygen atoms in total. The Hall–Kier alpha value is -1.26. The van der Waals surface area contributed by atoms with Crippen molar-refractivity contribution in [1.29, 1.82) is 0 Å². The predicted octanol–water partition coefficient (Wildman–Crippen LogP) is 1.77. The number of nitrogens with one attached hydrogen (secondary N) is 1. The van der Waals surface area contributed by atoms with E-state index >= 15 is 0 Å². The third-order valence-electron chi connectivity index (χ3n) is 3.57. The highest BCUT2D eigenvalue weighted by Crippen LogP contribution is 2.39. The van der Waals surface area contributed by atoms with E-state index in [4.69, 9.17) is 22.1 Å². The van der Waals surface area contributed by atoms with Gasteiger partial charge in [-0.3, -0.25) is 4.79 Å². The molecule has 96 valence electrons. The molecular weight excluding hydrogens is 252 g/mol. The molecular formula is C13H15ClN2O2. The van der Waals surface area contributed by atoms with Crippen molar-refractivity contribution < 1.29 is 9.53 Å². The number of amides is 1. The molecule has 1 saturated carbocycles. The normalized spacial score (nSPS) is 23.8. The van der Waals surface area contributed by atoms with Crippen LogP contribution in [0.1, 0.15) is 30.9 Å². The summed E-state index contributed by atoms with van der Waals surface area (Å²) in [6.45, 7) is 0.555. The van der Waals surface area contributed by atoms with Crippen molar-refractivity contribution in [3.63, 3.8) is 0 Å². The minimum atomic E-state index is -0.642. The molecule has 0 saturated heterocycles. The second-order valence-electron chi connectivity index (χ2n) is 4.98. The van der Waals surface area contributed by atoms with Crippen LogP contribution in [0.4, 0.5) is 0 Å². The van der Waals surface area contributed by atoms with Gasteiger partial charge in [-0.05, 0) is 18.9 Å². The minimum Gasteiger partial charge on any atom is -0.492 e. The Balaban J connectivity index is 1.83. The number of benzene rings is 1. The zero-order valence-corrected chi connectivity index (χ0v) is 10.7. The van der Waals surface area contributed by atoms with Crippen LogP contribution in [-0.4, -0.2) is 18.1 Å². The number of ether oxygens (including phenoxy) is 1. The topological polar surface area (TPSA) is 64.4 Å². The number of carbonyl (C=O) groups is 1. The van der Waals surface area contributed by atoms with E-state index in [9.17, 15) is 4.79 Å². The number of rotatable bonds is 2. The maximum atomic E-state index is 12.0. The molecule has 0 bridgehead atoms. The Morgan fingerprint density at radius 2 is 2.28 bits per heavy atom. The van der Waals surface area contributed by atoms with Gasteiger partial charge in [0.15, 0.2) is 0 Å². The molecule has 1 aromatic rings. The van der Waals surface area contributed by atoms with Crippen LogP contribution in [0.3, 0.4) is 0 Å². The molecule has 2 aliphatic rings. The molecule has 1 aromatic carbocycles. The molecule has 0 radical (unpaired) electrons. The molecule has 1 atom stereocenters. The average molecular weight is 267 g/mol. The van der Waals surface area contributed by atoms with Crippen molar-refractivity contribution in [2.45, 2.75) is 30.8 Å². The Morgan fingerprint density at radius 1 is 1.50 bits per heavy atom. The van der Waals surface area contributed by atoms with Crippen molar-refractivity contribution in [2.75, 3.05) is 6.61 Å². The Labute approximate surface area is 110 Å². The summed E-state index contributed by atoms with van der Waals surface area (Å²) in [6.07, 6.45) is 2.28. The molecule has 5 heteroatoms. The molecule has 1 heterocycles. The minimum absolute atomic E-state index is 0.0547. The lowest BCUT2D eigenvalue weighted by atomic mass is 10.00. The predicted molar refractivity (Wildman–Crippen MR) is 68.6 cm³/mol. The van der Waals surface area contributed by atoms with Crippen LogP contribution < -0.4 is 15.8 Å². The van der Waals surface area contributed by atoms with Crippen molar-refractivity contribution >= 4 is 17.5 Å². The highest BCUT2D eigenvalue weighted by molar-refractivity contribution is 6.32. The van der Waals surface area contributed by atoms with Crippen molar-refractivity contribution in [1.82, 2.24) is 5.32 Å². The number of fused-ring (bicyclic) bond motifs is 1. The molecule has 1 unspecified atom stereocenters. The highest BCUT2D eigenvalue weighted by atomic mass is 35.5. The summed E-state index contributed by atoms with van der Waals surface area (Å²) in [6, 6.07) is 5.53. The smallest absolute Gasteiger partial charge is 0.240 e. The first-order valence-electron chi connectivity index (χ1n) is 6.11. The fourth-order valence-corrected chi connectivity index (χ4v) is 2.44. The summed E-state index contributed by atoms with van der Waals surface area (Å²) in [4.78, 5) is 12.0. The first kappa shape index (κ1) is 11.8. The molecule has 0 aromatic heterocycles. The van der Waals surface area contributed by atoms with Gasteiger partial charge in [0.25, 0.3) is 0 Å². The van der Waals surface area contributed by atoms with Crippen LogP contribution in [0.2, 0.25) is 5.02 Å². The van der Waals surface area contributed by atoms with E-state index in [0.29, 0.717) is 17.4 Å². The summed E-state index contributed by atoms with van der Waals surface area (Å²) >= 11 is 6.08. The van der Waals surface area contributed by atoms with Gasteiger partial charge in [-0.25, -0.2) is 0 Å². The number of para-hydroxylation sites is 1. The van der Waals surface area contributed by atoms with E-state index in [1.807, 2.05) is 12.1 Å². The summed E-state index contributed by atoms with van der Waals surface area (Å²) in [7, 11) is 0. The lowest BCUT2D eigenvalue weighted by Gasteiger charge is -2.28. The third kappa shape index (κ3) is 1.95. The molecule has 3 rings (SSSR count). The van der Waals surface area contributed by atoms with Crippen molar-refractivity contribution in [2.24, 2.45) is 5.73 Å². The summed E-state index contributed by atoms with van der Waals surface area (Å²) in [5, 5.41) is 3.59. The highest BCUT2D eigenvalue weighted by Gasteiger charge is 2.46. The van der Waals surface area contributed by atoms with Crippen LogP contribution in [-0.2, 0) is 4.79 Å². The molecule has 0 spiro atoms. The van der Waals surface area contributed by atoms with E-state index in [2.05, 4.69) is 5.32 Å². The monoisotopic (exact) mass is 266 g/mol. The van der Waals surface area contributed by atoms with Gasteiger partial charge >= 0.3 is 0 Å². The van der Waals surface area contributed by atoms with E-state index in [1.54, 1.807) is 6.07 Å². The first-order chi connectivity index (χ1) is 8.60. The van der Waals surface area contributed by atoms with Gasteiger partial charge in [-0.1, -0.05) is 23.7 Å². The number of halogens is 1. The van der Waals surface area contributed by atoms with Gasteiger partial charge in [0.1, 0.15) is 5.75 Å². The maximum absolute atomic E-state index is 12.0. The van der Waals surface area contributed by atoms with Crippen LogP contribution in [0, 0.1) is 0 Å². The van der Waals surface area contributed by atoms with Crippen LogP contribution in [0.25, 0.3) is 0 Å².